The van der Waals surface area contributed by atoms with Crippen LogP contribution in [0.25, 0.3) is 0 Å². The van der Waals surface area contributed by atoms with Gasteiger partial charge in [-0.05, 0) is 49.5 Å². The van der Waals surface area contributed by atoms with Crippen molar-refractivity contribution in [1.82, 2.24) is 10.2 Å². The molecule has 1 unspecified atom stereocenters. The Labute approximate surface area is 111 Å². The van der Waals surface area contributed by atoms with Crippen molar-refractivity contribution in [3.8, 4) is 0 Å². The Bertz CT molecular complexity index is 387. The molecule has 18 heavy (non-hydrogen) atoms. The lowest BCUT2D eigenvalue weighted by Gasteiger charge is -2.27. The standard InChI is InChI=1S/C16H26N2/c1-4-13(3)18(5-2)12-14-6-7-15-8-9-17-11-16(15)10-14/h6-7,10,13,17H,4-5,8-9,11-12H2,1-3H3. The first-order chi connectivity index (χ1) is 8.74. The first kappa shape index (κ1) is 13.6. The number of hydrogen-bond donors (Lipinski definition) is 1. The van der Waals surface area contributed by atoms with Gasteiger partial charge in [0.05, 0.1) is 0 Å². The molecular formula is C16H26N2. The molecule has 0 aromatic heterocycles. The highest BCUT2D eigenvalue weighted by Crippen LogP contribution is 2.18. The van der Waals surface area contributed by atoms with E-state index < -0.39 is 0 Å². The summed E-state index contributed by atoms with van der Waals surface area (Å²) in [6.45, 7) is 11.2. The summed E-state index contributed by atoms with van der Waals surface area (Å²) in [5.41, 5.74) is 4.49. The van der Waals surface area contributed by atoms with Crippen molar-refractivity contribution in [2.75, 3.05) is 13.1 Å². The second-order valence-electron chi connectivity index (χ2n) is 5.35. The minimum Gasteiger partial charge on any atom is -0.312 e. The van der Waals surface area contributed by atoms with Gasteiger partial charge in [0.25, 0.3) is 0 Å². The van der Waals surface area contributed by atoms with Crippen molar-refractivity contribution in [3.63, 3.8) is 0 Å². The number of nitrogens with one attached hydrogen (secondary N) is 1. The molecule has 0 fully saturated rings. The second kappa shape index (κ2) is 6.35. The highest BCUT2D eigenvalue weighted by Gasteiger charge is 2.13. The predicted molar refractivity (Wildman–Crippen MR) is 77.7 cm³/mol. The van der Waals surface area contributed by atoms with Gasteiger partial charge < -0.3 is 5.32 Å². The van der Waals surface area contributed by atoms with Gasteiger partial charge in [0, 0.05) is 19.1 Å². The van der Waals surface area contributed by atoms with E-state index in [1.54, 1.807) is 0 Å². The molecule has 100 valence electrons. The molecule has 1 N–H and O–H groups in total. The second-order valence-corrected chi connectivity index (χ2v) is 5.35. The van der Waals surface area contributed by atoms with Gasteiger partial charge in [-0.3, -0.25) is 4.90 Å². The van der Waals surface area contributed by atoms with Gasteiger partial charge in [0.15, 0.2) is 0 Å². The van der Waals surface area contributed by atoms with Crippen LogP contribution in [0.15, 0.2) is 18.2 Å². The fourth-order valence-electron chi connectivity index (χ4n) is 2.70. The van der Waals surface area contributed by atoms with Crippen molar-refractivity contribution in [1.29, 1.82) is 0 Å². The Kier molecular flexibility index (Phi) is 4.79. The average Bonchev–Trinajstić information content (AvgIpc) is 2.43. The first-order valence-electron chi connectivity index (χ1n) is 7.30. The number of benzene rings is 1. The van der Waals surface area contributed by atoms with E-state index in [4.69, 9.17) is 0 Å². The molecule has 0 amide bonds. The van der Waals surface area contributed by atoms with Crippen LogP contribution >= 0.6 is 0 Å². The number of fused-ring (bicyclic) bond motifs is 1. The minimum absolute atomic E-state index is 0.671. The van der Waals surface area contributed by atoms with Crippen LogP contribution in [0.1, 0.15) is 43.9 Å². The third-order valence-corrected chi connectivity index (χ3v) is 4.16. The fourth-order valence-corrected chi connectivity index (χ4v) is 2.70. The quantitative estimate of drug-likeness (QED) is 0.859. The summed E-state index contributed by atoms with van der Waals surface area (Å²) < 4.78 is 0. The highest BCUT2D eigenvalue weighted by molar-refractivity contribution is 5.33. The van der Waals surface area contributed by atoms with E-state index in [9.17, 15) is 0 Å². The average molecular weight is 246 g/mol. The lowest BCUT2D eigenvalue weighted by atomic mass is 9.98. The van der Waals surface area contributed by atoms with Crippen LogP contribution in [0.3, 0.4) is 0 Å². The van der Waals surface area contributed by atoms with Crippen molar-refractivity contribution >= 4 is 0 Å². The molecule has 0 saturated carbocycles. The number of rotatable bonds is 5. The SMILES string of the molecule is CCC(C)N(CC)Cc1ccc2c(c1)CNCC2. The van der Waals surface area contributed by atoms with Gasteiger partial charge in [0.1, 0.15) is 0 Å². The normalized spacial score (nSPS) is 16.7. The molecular weight excluding hydrogens is 220 g/mol. The van der Waals surface area contributed by atoms with Crippen LogP contribution in [-0.4, -0.2) is 24.0 Å². The molecule has 0 spiro atoms. The van der Waals surface area contributed by atoms with E-state index >= 15 is 0 Å². The van der Waals surface area contributed by atoms with E-state index in [2.05, 4.69) is 49.2 Å². The van der Waals surface area contributed by atoms with Gasteiger partial charge in [-0.15, -0.1) is 0 Å². The monoisotopic (exact) mass is 246 g/mol. The van der Waals surface area contributed by atoms with Crippen molar-refractivity contribution in [2.24, 2.45) is 0 Å². The maximum absolute atomic E-state index is 3.46. The number of hydrogen-bond acceptors (Lipinski definition) is 2. The van der Waals surface area contributed by atoms with Crippen molar-refractivity contribution in [2.45, 2.75) is 52.7 Å². The van der Waals surface area contributed by atoms with E-state index in [1.165, 1.54) is 29.5 Å². The molecule has 0 radical (unpaired) electrons. The van der Waals surface area contributed by atoms with Gasteiger partial charge in [-0.1, -0.05) is 32.0 Å². The molecule has 1 heterocycles. The molecule has 0 saturated heterocycles. The molecule has 2 rings (SSSR count). The summed E-state index contributed by atoms with van der Waals surface area (Å²) in [4.78, 5) is 2.55. The summed E-state index contributed by atoms with van der Waals surface area (Å²) in [5, 5.41) is 3.46. The zero-order chi connectivity index (χ0) is 13.0. The van der Waals surface area contributed by atoms with Gasteiger partial charge in [-0.25, -0.2) is 0 Å². The fraction of sp³-hybridized carbons (Fsp3) is 0.625. The first-order valence-corrected chi connectivity index (χ1v) is 7.30. The van der Waals surface area contributed by atoms with Crippen LogP contribution in [-0.2, 0) is 19.5 Å². The lowest BCUT2D eigenvalue weighted by molar-refractivity contribution is 0.206. The maximum atomic E-state index is 3.46. The van der Waals surface area contributed by atoms with Crippen molar-refractivity contribution in [3.05, 3.63) is 34.9 Å². The third-order valence-electron chi connectivity index (χ3n) is 4.16. The Morgan fingerprint density at radius 1 is 1.28 bits per heavy atom. The summed E-state index contributed by atoms with van der Waals surface area (Å²) in [7, 11) is 0. The summed E-state index contributed by atoms with van der Waals surface area (Å²) >= 11 is 0. The van der Waals surface area contributed by atoms with E-state index in [1.807, 2.05) is 0 Å². The van der Waals surface area contributed by atoms with Crippen molar-refractivity contribution < 1.29 is 0 Å². The smallest absolute Gasteiger partial charge is 0.0236 e. The summed E-state index contributed by atoms with van der Waals surface area (Å²) in [6.07, 6.45) is 2.40. The topological polar surface area (TPSA) is 15.3 Å². The zero-order valence-electron chi connectivity index (χ0n) is 12.0. The largest absolute Gasteiger partial charge is 0.312 e. The molecule has 1 aromatic rings. The number of nitrogens with zero attached hydrogens (tertiary/aromatic N) is 1. The summed E-state index contributed by atoms with van der Waals surface area (Å²) in [6, 6.07) is 7.71. The van der Waals surface area contributed by atoms with Crippen LogP contribution in [0.5, 0.6) is 0 Å². The van der Waals surface area contributed by atoms with Crippen LogP contribution < -0.4 is 5.32 Å². The van der Waals surface area contributed by atoms with Gasteiger partial charge in [-0.2, -0.15) is 0 Å². The van der Waals surface area contributed by atoms with Crippen LogP contribution in [0.4, 0.5) is 0 Å². The molecule has 1 aliphatic rings. The third kappa shape index (κ3) is 3.12. The molecule has 1 aromatic carbocycles. The van der Waals surface area contributed by atoms with Gasteiger partial charge in [0.2, 0.25) is 0 Å². The maximum Gasteiger partial charge on any atom is 0.0236 e. The Balaban J connectivity index is 2.09. The molecule has 0 aliphatic carbocycles. The molecule has 1 aliphatic heterocycles. The molecule has 2 heteroatoms. The molecule has 2 nitrogen and oxygen atoms in total. The van der Waals surface area contributed by atoms with Crippen LogP contribution in [0.2, 0.25) is 0 Å². The van der Waals surface area contributed by atoms with E-state index in [-0.39, 0.29) is 0 Å². The lowest BCUT2D eigenvalue weighted by Crippen LogP contribution is -2.32. The van der Waals surface area contributed by atoms with Gasteiger partial charge >= 0.3 is 0 Å². The Hall–Kier alpha value is -0.860. The highest BCUT2D eigenvalue weighted by atomic mass is 15.1. The molecule has 1 atom stereocenters. The predicted octanol–water partition coefficient (Wildman–Crippen LogP) is 2.95. The Morgan fingerprint density at radius 2 is 2.11 bits per heavy atom. The summed E-state index contributed by atoms with van der Waals surface area (Å²) in [5.74, 6) is 0. The van der Waals surface area contributed by atoms with Crippen LogP contribution in [0, 0.1) is 0 Å². The van der Waals surface area contributed by atoms with E-state index in [0.717, 1.165) is 26.2 Å². The Morgan fingerprint density at radius 3 is 2.83 bits per heavy atom. The zero-order valence-corrected chi connectivity index (χ0v) is 12.0. The molecule has 0 bridgehead atoms. The van der Waals surface area contributed by atoms with E-state index in [0.29, 0.717) is 6.04 Å². The minimum atomic E-state index is 0.671.